The first-order valence-corrected chi connectivity index (χ1v) is 6.62. The van der Waals surface area contributed by atoms with Crippen LogP contribution in [0.3, 0.4) is 0 Å². The van der Waals surface area contributed by atoms with Crippen LogP contribution < -0.4 is 5.32 Å². The quantitative estimate of drug-likeness (QED) is 0.822. The highest BCUT2D eigenvalue weighted by Gasteiger charge is 2.19. The molecule has 0 saturated carbocycles. The molecule has 1 unspecified atom stereocenters. The maximum atomic E-state index is 3.65. The van der Waals surface area contributed by atoms with Crippen molar-refractivity contribution in [1.29, 1.82) is 0 Å². The van der Waals surface area contributed by atoms with Gasteiger partial charge in [0.1, 0.15) is 0 Å². The normalized spacial score (nSPS) is 21.4. The number of fused-ring (bicyclic) bond motifs is 1. The average molecular weight is 279 g/mol. The number of aromatic amines is 1. The molecule has 1 fully saturated rings. The molecule has 0 aliphatic carbocycles. The fourth-order valence-electron chi connectivity index (χ4n) is 2.60. The van der Waals surface area contributed by atoms with Gasteiger partial charge in [0.25, 0.3) is 0 Å². The van der Waals surface area contributed by atoms with Gasteiger partial charge in [-0.05, 0) is 43.0 Å². The Labute approximate surface area is 104 Å². The lowest BCUT2D eigenvalue weighted by atomic mass is 9.91. The molecule has 0 spiro atoms. The van der Waals surface area contributed by atoms with E-state index in [0.29, 0.717) is 5.92 Å². The minimum atomic E-state index is 0.654. The molecule has 16 heavy (non-hydrogen) atoms. The summed E-state index contributed by atoms with van der Waals surface area (Å²) in [4.78, 5) is 3.37. The van der Waals surface area contributed by atoms with Crippen molar-refractivity contribution in [1.82, 2.24) is 10.3 Å². The third kappa shape index (κ3) is 1.68. The van der Waals surface area contributed by atoms with E-state index in [2.05, 4.69) is 50.6 Å². The zero-order valence-corrected chi connectivity index (χ0v) is 10.7. The summed E-state index contributed by atoms with van der Waals surface area (Å²) in [5, 5.41) is 4.84. The Bertz CT molecular complexity index is 498. The molecule has 1 aliphatic rings. The molecular weight excluding hydrogens is 264 g/mol. The molecule has 3 heteroatoms. The Balaban J connectivity index is 2.09. The predicted octanol–water partition coefficient (Wildman–Crippen LogP) is 3.40. The summed E-state index contributed by atoms with van der Waals surface area (Å²) in [6, 6.07) is 6.33. The molecule has 84 valence electrons. The largest absolute Gasteiger partial charge is 0.361 e. The summed E-state index contributed by atoms with van der Waals surface area (Å²) in [5.74, 6) is 0.654. The first-order chi connectivity index (χ1) is 7.86. The zero-order chi connectivity index (χ0) is 11.0. The monoisotopic (exact) mass is 278 g/mol. The maximum absolute atomic E-state index is 3.65. The minimum Gasteiger partial charge on any atom is -0.361 e. The lowest BCUT2D eigenvalue weighted by molar-refractivity contribution is 0.463. The molecule has 2 nitrogen and oxygen atoms in total. The molecule has 1 aromatic heterocycles. The second-order valence-electron chi connectivity index (χ2n) is 4.45. The van der Waals surface area contributed by atoms with Crippen LogP contribution in [0.25, 0.3) is 10.9 Å². The van der Waals surface area contributed by atoms with Gasteiger partial charge >= 0.3 is 0 Å². The van der Waals surface area contributed by atoms with Crippen LogP contribution in [0, 0.1) is 0 Å². The van der Waals surface area contributed by atoms with E-state index >= 15 is 0 Å². The molecule has 2 N–H and O–H groups in total. The Hall–Kier alpha value is -0.800. The van der Waals surface area contributed by atoms with Gasteiger partial charge in [0, 0.05) is 28.1 Å². The first-order valence-electron chi connectivity index (χ1n) is 5.82. The summed E-state index contributed by atoms with van der Waals surface area (Å²) in [6.07, 6.45) is 4.75. The maximum Gasteiger partial charge on any atom is 0.0468 e. The molecule has 1 saturated heterocycles. The van der Waals surface area contributed by atoms with Crippen molar-refractivity contribution in [2.75, 3.05) is 13.1 Å². The third-order valence-electron chi connectivity index (χ3n) is 3.42. The summed E-state index contributed by atoms with van der Waals surface area (Å²) in [6.45, 7) is 2.27. The molecule has 1 atom stereocenters. The molecule has 3 rings (SSSR count). The molecule has 0 radical (unpaired) electrons. The van der Waals surface area contributed by atoms with Crippen LogP contribution in [0.4, 0.5) is 0 Å². The van der Waals surface area contributed by atoms with Crippen LogP contribution >= 0.6 is 15.9 Å². The summed E-state index contributed by atoms with van der Waals surface area (Å²) >= 11 is 3.65. The zero-order valence-electron chi connectivity index (χ0n) is 9.09. The van der Waals surface area contributed by atoms with Gasteiger partial charge in [-0.25, -0.2) is 0 Å². The van der Waals surface area contributed by atoms with Gasteiger partial charge in [0.05, 0.1) is 0 Å². The van der Waals surface area contributed by atoms with Crippen molar-refractivity contribution in [3.05, 3.63) is 34.4 Å². The van der Waals surface area contributed by atoms with Crippen molar-refractivity contribution in [3.8, 4) is 0 Å². The van der Waals surface area contributed by atoms with E-state index in [1.807, 2.05) is 0 Å². The van der Waals surface area contributed by atoms with E-state index in [1.54, 1.807) is 0 Å². The van der Waals surface area contributed by atoms with Gasteiger partial charge in [0.2, 0.25) is 0 Å². The second kappa shape index (κ2) is 4.22. The van der Waals surface area contributed by atoms with Gasteiger partial charge < -0.3 is 10.3 Å². The molecule has 1 aromatic carbocycles. The SMILES string of the molecule is Brc1cccc2[nH]cc(C3CCCNC3)c12. The van der Waals surface area contributed by atoms with E-state index in [1.165, 1.54) is 40.3 Å². The lowest BCUT2D eigenvalue weighted by Gasteiger charge is -2.22. The van der Waals surface area contributed by atoms with Gasteiger partial charge in [-0.15, -0.1) is 0 Å². The van der Waals surface area contributed by atoms with Crippen molar-refractivity contribution < 1.29 is 0 Å². The van der Waals surface area contributed by atoms with E-state index in [4.69, 9.17) is 0 Å². The van der Waals surface area contributed by atoms with Crippen LogP contribution in [0.2, 0.25) is 0 Å². The van der Waals surface area contributed by atoms with E-state index < -0.39 is 0 Å². The second-order valence-corrected chi connectivity index (χ2v) is 5.30. The number of nitrogens with one attached hydrogen (secondary N) is 2. The molecule has 0 amide bonds. The highest BCUT2D eigenvalue weighted by molar-refractivity contribution is 9.10. The fraction of sp³-hybridized carbons (Fsp3) is 0.385. The standard InChI is InChI=1S/C13H15BrN2/c14-11-4-1-5-12-13(11)10(8-16-12)9-3-2-6-15-7-9/h1,4-5,8-9,15-16H,2-3,6-7H2. The van der Waals surface area contributed by atoms with Crippen LogP contribution in [0.15, 0.2) is 28.9 Å². The topological polar surface area (TPSA) is 27.8 Å². The van der Waals surface area contributed by atoms with E-state index in [-0.39, 0.29) is 0 Å². The molecule has 2 aromatic rings. The van der Waals surface area contributed by atoms with Crippen molar-refractivity contribution in [3.63, 3.8) is 0 Å². The summed E-state index contributed by atoms with van der Waals surface area (Å²) in [7, 11) is 0. The number of aromatic nitrogens is 1. The average Bonchev–Trinajstić information content (AvgIpc) is 2.75. The van der Waals surface area contributed by atoms with Crippen LogP contribution in [-0.2, 0) is 0 Å². The Morgan fingerprint density at radius 3 is 3.06 bits per heavy atom. The molecular formula is C13H15BrN2. The Kier molecular flexibility index (Phi) is 2.74. The van der Waals surface area contributed by atoms with Crippen molar-refractivity contribution in [2.24, 2.45) is 0 Å². The summed E-state index contributed by atoms with van der Waals surface area (Å²) in [5.41, 5.74) is 2.68. The molecule has 2 heterocycles. The van der Waals surface area contributed by atoms with Gasteiger partial charge in [-0.2, -0.15) is 0 Å². The van der Waals surface area contributed by atoms with Crippen molar-refractivity contribution >= 4 is 26.8 Å². The van der Waals surface area contributed by atoms with Gasteiger partial charge in [0.15, 0.2) is 0 Å². The fourth-order valence-corrected chi connectivity index (χ4v) is 3.20. The lowest BCUT2D eigenvalue weighted by Crippen LogP contribution is -2.28. The predicted molar refractivity (Wildman–Crippen MR) is 70.8 cm³/mol. The number of halogens is 1. The van der Waals surface area contributed by atoms with Crippen LogP contribution in [0.5, 0.6) is 0 Å². The van der Waals surface area contributed by atoms with Crippen molar-refractivity contribution in [2.45, 2.75) is 18.8 Å². The highest BCUT2D eigenvalue weighted by atomic mass is 79.9. The Morgan fingerprint density at radius 1 is 1.31 bits per heavy atom. The van der Waals surface area contributed by atoms with Crippen LogP contribution in [0.1, 0.15) is 24.3 Å². The number of piperidine rings is 1. The number of hydrogen-bond acceptors (Lipinski definition) is 1. The smallest absolute Gasteiger partial charge is 0.0468 e. The Morgan fingerprint density at radius 2 is 2.25 bits per heavy atom. The summed E-state index contributed by atoms with van der Waals surface area (Å²) < 4.78 is 1.20. The first kappa shape index (κ1) is 10.4. The van der Waals surface area contributed by atoms with Gasteiger partial charge in [-0.1, -0.05) is 22.0 Å². The van der Waals surface area contributed by atoms with Gasteiger partial charge in [-0.3, -0.25) is 0 Å². The third-order valence-corrected chi connectivity index (χ3v) is 4.08. The molecule has 1 aliphatic heterocycles. The number of hydrogen-bond donors (Lipinski definition) is 2. The molecule has 0 bridgehead atoms. The number of benzene rings is 1. The minimum absolute atomic E-state index is 0.654. The van der Waals surface area contributed by atoms with E-state index in [0.717, 1.165) is 6.54 Å². The number of H-pyrrole nitrogens is 1. The van der Waals surface area contributed by atoms with Crippen LogP contribution in [-0.4, -0.2) is 18.1 Å². The highest BCUT2D eigenvalue weighted by Crippen LogP contribution is 2.34. The van der Waals surface area contributed by atoms with E-state index in [9.17, 15) is 0 Å². The number of rotatable bonds is 1.